The molecule has 0 aromatic carbocycles. The Kier molecular flexibility index (Phi) is 1.67. The molecule has 4 nitrogen and oxygen atoms in total. The molecular formula is C6H12O4SSi. The van der Waals surface area contributed by atoms with E-state index in [1.165, 1.54) is 0 Å². The Balaban J connectivity index is 2.17. The zero-order chi connectivity index (χ0) is 8.98. The van der Waals surface area contributed by atoms with Crippen molar-refractivity contribution in [1.29, 1.82) is 0 Å². The Labute approximate surface area is 73.0 Å². The van der Waals surface area contributed by atoms with E-state index in [-0.39, 0.29) is 23.7 Å². The van der Waals surface area contributed by atoms with Gasteiger partial charge in [0.1, 0.15) is 0 Å². The molecule has 12 heavy (non-hydrogen) atoms. The van der Waals surface area contributed by atoms with E-state index in [0.29, 0.717) is 0 Å². The fourth-order valence-corrected chi connectivity index (χ4v) is 5.69. The molecule has 2 saturated heterocycles. The van der Waals surface area contributed by atoms with Gasteiger partial charge in [-0.2, -0.15) is 0 Å². The number of rotatable bonds is 0. The second-order valence-corrected chi connectivity index (χ2v) is 9.21. The maximum Gasteiger partial charge on any atom is 0.332 e. The van der Waals surface area contributed by atoms with Gasteiger partial charge in [-0.05, 0) is 13.1 Å². The highest BCUT2D eigenvalue weighted by Crippen LogP contribution is 2.31. The predicted octanol–water partition coefficient (Wildman–Crippen LogP) is -0.0994. The van der Waals surface area contributed by atoms with E-state index in [4.69, 9.17) is 8.85 Å². The van der Waals surface area contributed by atoms with Crippen molar-refractivity contribution in [2.45, 2.75) is 25.3 Å². The van der Waals surface area contributed by atoms with Crippen molar-refractivity contribution in [3.05, 3.63) is 0 Å². The summed E-state index contributed by atoms with van der Waals surface area (Å²) in [5.41, 5.74) is 0. The Morgan fingerprint density at radius 1 is 1.17 bits per heavy atom. The van der Waals surface area contributed by atoms with Gasteiger partial charge < -0.3 is 8.85 Å². The first-order valence-electron chi connectivity index (χ1n) is 3.94. The fourth-order valence-electron chi connectivity index (χ4n) is 1.76. The van der Waals surface area contributed by atoms with Crippen LogP contribution in [0, 0.1) is 0 Å². The second kappa shape index (κ2) is 2.31. The van der Waals surface area contributed by atoms with Gasteiger partial charge in [-0.1, -0.05) is 0 Å². The lowest BCUT2D eigenvalue weighted by Crippen LogP contribution is -2.31. The van der Waals surface area contributed by atoms with Gasteiger partial charge in [0.2, 0.25) is 0 Å². The van der Waals surface area contributed by atoms with Crippen molar-refractivity contribution in [3.63, 3.8) is 0 Å². The topological polar surface area (TPSA) is 52.6 Å². The molecule has 0 aromatic heterocycles. The molecule has 2 heterocycles. The Bertz CT molecular complexity index is 275. The van der Waals surface area contributed by atoms with Crippen LogP contribution in [0.25, 0.3) is 0 Å². The van der Waals surface area contributed by atoms with Crippen LogP contribution in [0.1, 0.15) is 0 Å². The van der Waals surface area contributed by atoms with Gasteiger partial charge in [0, 0.05) is 0 Å². The Hall–Kier alpha value is 0.0869. The quantitative estimate of drug-likeness (QED) is 0.522. The standard InChI is InChI=1S/C6H12O4SSi/c1-12(2)9-5-3-11(7,8)4-6(5)10-12/h5-6H,3-4H2,1-2H3. The van der Waals surface area contributed by atoms with Crippen molar-refractivity contribution in [1.82, 2.24) is 0 Å². The lowest BCUT2D eigenvalue weighted by atomic mass is 10.3. The van der Waals surface area contributed by atoms with E-state index in [1.807, 2.05) is 13.1 Å². The van der Waals surface area contributed by atoms with Crippen molar-refractivity contribution in [2.24, 2.45) is 0 Å². The average Bonchev–Trinajstić information content (AvgIpc) is 2.12. The van der Waals surface area contributed by atoms with Crippen LogP contribution in [-0.4, -0.2) is 40.7 Å². The molecule has 2 unspecified atom stereocenters. The first-order valence-corrected chi connectivity index (χ1v) is 8.58. The lowest BCUT2D eigenvalue weighted by Gasteiger charge is -2.13. The molecule has 0 amide bonds. The Morgan fingerprint density at radius 3 is 2.00 bits per heavy atom. The summed E-state index contributed by atoms with van der Waals surface area (Å²) in [5, 5.41) is 0. The summed E-state index contributed by atoms with van der Waals surface area (Å²) in [6, 6.07) is 0. The third-order valence-electron chi connectivity index (χ3n) is 2.12. The molecule has 2 fully saturated rings. The van der Waals surface area contributed by atoms with E-state index in [9.17, 15) is 8.42 Å². The number of hydrogen-bond donors (Lipinski definition) is 0. The second-order valence-electron chi connectivity index (χ2n) is 3.79. The van der Waals surface area contributed by atoms with E-state index < -0.39 is 18.4 Å². The van der Waals surface area contributed by atoms with Crippen LogP contribution in [0.2, 0.25) is 13.1 Å². The minimum Gasteiger partial charge on any atom is -0.388 e. The SMILES string of the molecule is C[Si]1(C)OC2CS(=O)(=O)CC2O1. The normalized spacial score (nSPS) is 42.8. The van der Waals surface area contributed by atoms with Gasteiger partial charge in [0.05, 0.1) is 23.7 Å². The molecule has 6 heteroatoms. The third kappa shape index (κ3) is 1.44. The minimum absolute atomic E-state index is 0.147. The average molecular weight is 208 g/mol. The van der Waals surface area contributed by atoms with Crippen LogP contribution < -0.4 is 0 Å². The summed E-state index contributed by atoms with van der Waals surface area (Å²) in [6.07, 6.45) is -0.367. The molecule has 2 aliphatic heterocycles. The lowest BCUT2D eigenvalue weighted by molar-refractivity contribution is 0.205. The highest BCUT2D eigenvalue weighted by Gasteiger charge is 2.50. The largest absolute Gasteiger partial charge is 0.388 e. The van der Waals surface area contributed by atoms with Gasteiger partial charge in [-0.3, -0.25) is 0 Å². The van der Waals surface area contributed by atoms with Crippen LogP contribution in [0.5, 0.6) is 0 Å². The van der Waals surface area contributed by atoms with E-state index >= 15 is 0 Å². The summed E-state index contributed by atoms with van der Waals surface area (Å²) >= 11 is 0. The van der Waals surface area contributed by atoms with Crippen molar-refractivity contribution in [3.8, 4) is 0 Å². The summed E-state index contributed by atoms with van der Waals surface area (Å²) in [7, 11) is -4.85. The predicted molar refractivity (Wildman–Crippen MR) is 45.9 cm³/mol. The molecule has 0 radical (unpaired) electrons. The number of hydrogen-bond acceptors (Lipinski definition) is 4. The van der Waals surface area contributed by atoms with Gasteiger partial charge in [0.15, 0.2) is 9.84 Å². The molecule has 0 aromatic rings. The highest BCUT2D eigenvalue weighted by atomic mass is 32.2. The van der Waals surface area contributed by atoms with Gasteiger partial charge in [0.25, 0.3) is 0 Å². The Morgan fingerprint density at radius 2 is 1.58 bits per heavy atom. The third-order valence-corrected chi connectivity index (χ3v) is 5.54. The maximum absolute atomic E-state index is 11.1. The highest BCUT2D eigenvalue weighted by molar-refractivity contribution is 7.91. The number of sulfone groups is 1. The van der Waals surface area contributed by atoms with Crippen LogP contribution in [0.15, 0.2) is 0 Å². The molecule has 0 spiro atoms. The monoisotopic (exact) mass is 208 g/mol. The molecule has 2 atom stereocenters. The van der Waals surface area contributed by atoms with Crippen molar-refractivity contribution >= 4 is 18.4 Å². The smallest absolute Gasteiger partial charge is 0.332 e. The van der Waals surface area contributed by atoms with Gasteiger partial charge in [-0.25, -0.2) is 8.42 Å². The van der Waals surface area contributed by atoms with Crippen LogP contribution >= 0.6 is 0 Å². The van der Waals surface area contributed by atoms with Crippen LogP contribution in [0.3, 0.4) is 0 Å². The minimum atomic E-state index is -2.88. The van der Waals surface area contributed by atoms with E-state index in [1.54, 1.807) is 0 Å². The molecule has 0 bridgehead atoms. The van der Waals surface area contributed by atoms with Crippen LogP contribution in [-0.2, 0) is 18.7 Å². The van der Waals surface area contributed by atoms with Crippen molar-refractivity contribution < 1.29 is 17.3 Å². The molecule has 70 valence electrons. The van der Waals surface area contributed by atoms with Crippen LogP contribution in [0.4, 0.5) is 0 Å². The van der Waals surface area contributed by atoms with Gasteiger partial charge >= 0.3 is 8.56 Å². The van der Waals surface area contributed by atoms with E-state index in [2.05, 4.69) is 0 Å². The molecule has 2 rings (SSSR count). The summed E-state index contributed by atoms with van der Waals surface area (Å²) in [6.45, 7) is 3.88. The zero-order valence-electron chi connectivity index (χ0n) is 7.11. The molecule has 0 N–H and O–H groups in total. The summed E-state index contributed by atoms with van der Waals surface area (Å²) < 4.78 is 33.3. The molecule has 0 saturated carbocycles. The summed E-state index contributed by atoms with van der Waals surface area (Å²) in [5.74, 6) is 0.294. The first kappa shape index (κ1) is 8.67. The summed E-state index contributed by atoms with van der Waals surface area (Å²) in [4.78, 5) is 0. The fraction of sp³-hybridized carbons (Fsp3) is 1.00. The van der Waals surface area contributed by atoms with Crippen molar-refractivity contribution in [2.75, 3.05) is 11.5 Å². The molecular weight excluding hydrogens is 196 g/mol. The zero-order valence-corrected chi connectivity index (χ0v) is 8.93. The van der Waals surface area contributed by atoms with Gasteiger partial charge in [-0.15, -0.1) is 0 Å². The van der Waals surface area contributed by atoms with E-state index in [0.717, 1.165) is 0 Å². The maximum atomic E-state index is 11.1. The molecule has 0 aliphatic carbocycles. The molecule has 2 aliphatic rings. The number of fused-ring (bicyclic) bond motifs is 1. The first-order chi connectivity index (χ1) is 5.38.